The van der Waals surface area contributed by atoms with Crippen molar-refractivity contribution in [1.82, 2.24) is 20.2 Å². The van der Waals surface area contributed by atoms with Crippen molar-refractivity contribution in [3.8, 4) is 22.8 Å². The zero-order valence-electron chi connectivity index (χ0n) is 19.1. The molecule has 1 N–H and O–H groups in total. The van der Waals surface area contributed by atoms with Crippen LogP contribution in [0.1, 0.15) is 5.56 Å². The lowest BCUT2D eigenvalue weighted by atomic mass is 10.2. The number of nitrogens with one attached hydrogen (secondary N) is 1. The lowest BCUT2D eigenvalue weighted by Gasteiger charge is -2.10. The van der Waals surface area contributed by atoms with Gasteiger partial charge in [0.1, 0.15) is 5.75 Å². The maximum absolute atomic E-state index is 12.4. The van der Waals surface area contributed by atoms with Gasteiger partial charge in [0.15, 0.2) is 11.0 Å². The smallest absolute Gasteiger partial charge is 0.250 e. The van der Waals surface area contributed by atoms with Gasteiger partial charge in [0.2, 0.25) is 0 Å². The molecular weight excluding hydrogens is 517 g/mol. The minimum Gasteiger partial charge on any atom is -0.496 e. The first-order valence-electron chi connectivity index (χ1n) is 10.8. The minimum absolute atomic E-state index is 0.0971. The minimum atomic E-state index is -0.277. The zero-order valence-corrected chi connectivity index (χ0v) is 21.5. The van der Waals surface area contributed by atoms with E-state index in [1.54, 1.807) is 37.5 Å². The normalized spacial score (nSPS) is 11.3. The Morgan fingerprint density at radius 3 is 2.44 bits per heavy atom. The Hall–Kier alpha value is -3.59. The van der Waals surface area contributed by atoms with Crippen LogP contribution in [0, 0.1) is 0 Å². The van der Waals surface area contributed by atoms with Crippen LogP contribution < -0.4 is 10.2 Å². The molecule has 0 aliphatic heterocycles. The fourth-order valence-electron chi connectivity index (χ4n) is 3.24. The molecule has 0 radical (unpaired) electrons. The number of methoxy groups -OCH3 is 1. The molecule has 182 valence electrons. The van der Waals surface area contributed by atoms with E-state index in [4.69, 9.17) is 27.9 Å². The molecule has 0 fully saturated rings. The van der Waals surface area contributed by atoms with Crippen molar-refractivity contribution in [2.45, 2.75) is 5.16 Å². The molecule has 4 rings (SSSR count). The third-order valence-corrected chi connectivity index (χ3v) is 6.35. The second-order valence-electron chi connectivity index (χ2n) is 7.33. The first kappa shape index (κ1) is 25.5. The number of hydrogen-bond acceptors (Lipinski definition) is 6. The third-order valence-electron chi connectivity index (χ3n) is 4.92. The Kier molecular flexibility index (Phi) is 8.78. The van der Waals surface area contributed by atoms with E-state index in [9.17, 15) is 4.79 Å². The molecule has 36 heavy (non-hydrogen) atoms. The van der Waals surface area contributed by atoms with Crippen molar-refractivity contribution in [1.29, 1.82) is 0 Å². The molecule has 0 saturated heterocycles. The van der Waals surface area contributed by atoms with Crippen molar-refractivity contribution in [3.05, 3.63) is 94.5 Å². The molecule has 4 aromatic rings. The Morgan fingerprint density at radius 2 is 1.72 bits per heavy atom. The number of halogens is 2. The molecule has 1 amide bonds. The van der Waals surface area contributed by atoms with Crippen molar-refractivity contribution in [2.75, 3.05) is 12.9 Å². The molecule has 1 heterocycles. The van der Waals surface area contributed by atoms with E-state index < -0.39 is 0 Å². The standard InChI is InChI=1S/C26H21Cl2N5O2S/c1-35-23-7-3-2-5-18(23)6-4-16-29-30-24(34)17-36-26-32-31-25(19-8-10-20(27)11-9-19)33(26)22-14-12-21(28)13-15-22/h2-16H,17H2,1H3,(H,30,34)/b6-4+,29-16-. The number of hydrogen-bond donors (Lipinski definition) is 1. The number of allylic oxidation sites excluding steroid dienone is 1. The fourth-order valence-corrected chi connectivity index (χ4v) is 4.23. The van der Waals surface area contributed by atoms with Crippen LogP contribution in [0.2, 0.25) is 10.0 Å². The zero-order chi connectivity index (χ0) is 25.3. The number of carbonyl (C=O) groups excluding carboxylic acids is 1. The van der Waals surface area contributed by atoms with Gasteiger partial charge in [-0.2, -0.15) is 5.10 Å². The summed E-state index contributed by atoms with van der Waals surface area (Å²) in [5.74, 6) is 1.20. The van der Waals surface area contributed by atoms with Gasteiger partial charge in [-0.1, -0.05) is 53.2 Å². The van der Waals surface area contributed by atoms with Gasteiger partial charge >= 0.3 is 0 Å². The van der Waals surface area contributed by atoms with Gasteiger partial charge in [-0.3, -0.25) is 9.36 Å². The molecule has 7 nitrogen and oxygen atoms in total. The molecule has 10 heteroatoms. The summed E-state index contributed by atoms with van der Waals surface area (Å²) in [6, 6.07) is 22.2. The predicted octanol–water partition coefficient (Wildman–Crippen LogP) is 6.16. The quantitative estimate of drug-likeness (QED) is 0.157. The molecule has 0 atom stereocenters. The highest BCUT2D eigenvalue weighted by atomic mass is 35.5. The van der Waals surface area contributed by atoms with Crippen molar-refractivity contribution in [3.63, 3.8) is 0 Å². The SMILES string of the molecule is COc1ccccc1/C=C/C=N\NC(=O)CSc1nnc(-c2ccc(Cl)cc2)n1-c1ccc(Cl)cc1. The lowest BCUT2D eigenvalue weighted by Crippen LogP contribution is -2.19. The summed E-state index contributed by atoms with van der Waals surface area (Å²) < 4.78 is 7.18. The Balaban J connectivity index is 1.44. The van der Waals surface area contributed by atoms with E-state index in [2.05, 4.69) is 20.7 Å². The van der Waals surface area contributed by atoms with E-state index >= 15 is 0 Å². The molecule has 0 aliphatic carbocycles. The second kappa shape index (κ2) is 12.4. The number of nitrogens with zero attached hydrogens (tertiary/aromatic N) is 4. The maximum Gasteiger partial charge on any atom is 0.250 e. The highest BCUT2D eigenvalue weighted by molar-refractivity contribution is 7.99. The number of aromatic nitrogens is 3. The number of para-hydroxylation sites is 1. The van der Waals surface area contributed by atoms with Crippen molar-refractivity contribution < 1.29 is 9.53 Å². The third kappa shape index (κ3) is 6.54. The molecule has 0 saturated carbocycles. The topological polar surface area (TPSA) is 81.4 Å². The van der Waals surface area contributed by atoms with E-state index in [0.717, 1.165) is 22.6 Å². The predicted molar refractivity (Wildman–Crippen MR) is 146 cm³/mol. The summed E-state index contributed by atoms with van der Waals surface area (Å²) in [6.07, 6.45) is 5.07. The summed E-state index contributed by atoms with van der Waals surface area (Å²) in [4.78, 5) is 12.4. The Labute approximate surface area is 222 Å². The van der Waals surface area contributed by atoms with Gasteiger partial charge in [-0.25, -0.2) is 5.43 Å². The average molecular weight is 538 g/mol. The number of thioether (sulfide) groups is 1. The van der Waals surface area contributed by atoms with Gasteiger partial charge in [-0.15, -0.1) is 10.2 Å². The van der Waals surface area contributed by atoms with Crippen LogP contribution in [0.25, 0.3) is 23.2 Å². The van der Waals surface area contributed by atoms with Gasteiger partial charge in [0.05, 0.1) is 12.9 Å². The van der Waals surface area contributed by atoms with Gasteiger partial charge in [0.25, 0.3) is 5.91 Å². The largest absolute Gasteiger partial charge is 0.496 e. The van der Waals surface area contributed by atoms with Crippen LogP contribution >= 0.6 is 35.0 Å². The van der Waals surface area contributed by atoms with E-state index in [1.165, 1.54) is 18.0 Å². The molecule has 3 aromatic carbocycles. The summed E-state index contributed by atoms with van der Waals surface area (Å²) >= 11 is 13.4. The van der Waals surface area contributed by atoms with E-state index in [-0.39, 0.29) is 11.7 Å². The van der Waals surface area contributed by atoms with E-state index in [0.29, 0.717) is 21.0 Å². The number of rotatable bonds is 9. The average Bonchev–Trinajstić information content (AvgIpc) is 3.32. The van der Waals surface area contributed by atoms with Crippen molar-refractivity contribution in [2.24, 2.45) is 5.10 Å². The van der Waals surface area contributed by atoms with Crippen LogP contribution in [0.5, 0.6) is 5.75 Å². The maximum atomic E-state index is 12.4. The lowest BCUT2D eigenvalue weighted by molar-refractivity contribution is -0.118. The van der Waals surface area contributed by atoms with Gasteiger partial charge in [0, 0.05) is 33.1 Å². The van der Waals surface area contributed by atoms with Crippen LogP contribution in [-0.4, -0.2) is 39.7 Å². The van der Waals surface area contributed by atoms with Crippen LogP contribution in [0.15, 0.2) is 89.1 Å². The van der Waals surface area contributed by atoms with Crippen LogP contribution in [0.3, 0.4) is 0 Å². The first-order valence-corrected chi connectivity index (χ1v) is 12.5. The number of amides is 1. The summed E-state index contributed by atoms with van der Waals surface area (Å²) in [7, 11) is 1.62. The van der Waals surface area contributed by atoms with Gasteiger partial charge in [-0.05, 0) is 66.7 Å². The molecular formula is C26H21Cl2N5O2S. The summed E-state index contributed by atoms with van der Waals surface area (Å²) in [5, 5.41) is 14.4. The highest BCUT2D eigenvalue weighted by Crippen LogP contribution is 2.29. The van der Waals surface area contributed by atoms with E-state index in [1.807, 2.05) is 59.2 Å². The fraction of sp³-hybridized carbons (Fsp3) is 0.0769. The second-order valence-corrected chi connectivity index (χ2v) is 9.14. The number of benzene rings is 3. The summed E-state index contributed by atoms with van der Waals surface area (Å²) in [5.41, 5.74) is 5.08. The number of carbonyl (C=O) groups is 1. The number of hydrazone groups is 1. The highest BCUT2D eigenvalue weighted by Gasteiger charge is 2.17. The Morgan fingerprint density at radius 1 is 1.03 bits per heavy atom. The molecule has 0 aliphatic rings. The molecule has 1 aromatic heterocycles. The molecule has 0 bridgehead atoms. The first-order chi connectivity index (χ1) is 17.5. The summed E-state index contributed by atoms with van der Waals surface area (Å²) in [6.45, 7) is 0. The number of ether oxygens (including phenoxy) is 1. The Bertz CT molecular complexity index is 1390. The monoisotopic (exact) mass is 537 g/mol. The molecule has 0 unspecified atom stereocenters. The molecule has 0 spiro atoms. The van der Waals surface area contributed by atoms with Gasteiger partial charge < -0.3 is 4.74 Å². The van der Waals surface area contributed by atoms with Crippen molar-refractivity contribution >= 4 is 53.2 Å². The van der Waals surface area contributed by atoms with Crippen LogP contribution in [-0.2, 0) is 4.79 Å². The van der Waals surface area contributed by atoms with Crippen LogP contribution in [0.4, 0.5) is 0 Å².